The van der Waals surface area contributed by atoms with Gasteiger partial charge in [-0.2, -0.15) is 0 Å². The summed E-state index contributed by atoms with van der Waals surface area (Å²) < 4.78 is 0.749. The number of aryl methyl sites for hydroxylation is 1. The van der Waals surface area contributed by atoms with Gasteiger partial charge in [0.15, 0.2) is 3.95 Å². The number of aromatic amines is 1. The number of carbonyl (C=O) groups excluding carboxylic acids is 1. The quantitative estimate of drug-likeness (QED) is 0.864. The Morgan fingerprint density at radius 1 is 1.58 bits per heavy atom. The van der Waals surface area contributed by atoms with Crippen LogP contribution in [0.25, 0.3) is 0 Å². The lowest BCUT2D eigenvalue weighted by atomic mass is 10.1. The maximum atomic E-state index is 12.3. The molecule has 0 bridgehead atoms. The molecule has 0 radical (unpaired) electrons. The summed E-state index contributed by atoms with van der Waals surface area (Å²) in [7, 11) is 0. The number of hydrogen-bond acceptors (Lipinski definition) is 4. The maximum absolute atomic E-state index is 12.3. The fraction of sp³-hybridized carbons (Fsp3) is 0.385. The molecule has 0 saturated carbocycles. The summed E-state index contributed by atoms with van der Waals surface area (Å²) in [5.74, 6) is 0.199. The molecule has 6 heteroatoms. The highest BCUT2D eigenvalue weighted by Crippen LogP contribution is 2.25. The van der Waals surface area contributed by atoms with E-state index in [1.165, 1.54) is 21.8 Å². The molecular formula is C13H14N2OS3. The standard InChI is InChI=1S/C13H14N2OS3/c1-8-11(19-13(17)14-8)6-12(16)15-4-2-10-9(7-15)3-5-18-10/h3,5H,2,4,6-7H2,1H3,(H,14,17). The SMILES string of the molecule is Cc1[nH]c(=S)sc1CC(=O)N1CCc2sccc2C1. The van der Waals surface area contributed by atoms with Crippen molar-refractivity contribution in [3.8, 4) is 0 Å². The van der Waals surface area contributed by atoms with Crippen molar-refractivity contribution in [3.05, 3.63) is 36.4 Å². The number of H-pyrrole nitrogens is 1. The second kappa shape index (κ2) is 5.19. The first kappa shape index (κ1) is 13.0. The zero-order valence-corrected chi connectivity index (χ0v) is 13.0. The molecule has 2 aromatic rings. The fourth-order valence-corrected chi connectivity index (χ4v) is 4.49. The van der Waals surface area contributed by atoms with Crippen LogP contribution in [0.2, 0.25) is 0 Å². The third-order valence-electron chi connectivity index (χ3n) is 3.40. The van der Waals surface area contributed by atoms with Gasteiger partial charge in [-0.15, -0.1) is 22.7 Å². The summed E-state index contributed by atoms with van der Waals surface area (Å²) in [6, 6.07) is 2.13. The van der Waals surface area contributed by atoms with Crippen LogP contribution in [0.4, 0.5) is 0 Å². The van der Waals surface area contributed by atoms with Crippen LogP contribution >= 0.6 is 34.9 Å². The maximum Gasteiger partial charge on any atom is 0.228 e. The molecule has 19 heavy (non-hydrogen) atoms. The zero-order valence-electron chi connectivity index (χ0n) is 10.6. The van der Waals surface area contributed by atoms with Crippen molar-refractivity contribution >= 4 is 40.8 Å². The lowest BCUT2D eigenvalue weighted by Gasteiger charge is -2.27. The lowest BCUT2D eigenvalue weighted by Crippen LogP contribution is -2.36. The lowest BCUT2D eigenvalue weighted by molar-refractivity contribution is -0.131. The van der Waals surface area contributed by atoms with E-state index in [9.17, 15) is 4.79 Å². The van der Waals surface area contributed by atoms with Crippen molar-refractivity contribution in [2.24, 2.45) is 0 Å². The number of hydrogen-bond donors (Lipinski definition) is 1. The van der Waals surface area contributed by atoms with E-state index in [1.54, 1.807) is 11.3 Å². The molecule has 0 saturated heterocycles. The normalized spacial score (nSPS) is 14.5. The van der Waals surface area contributed by atoms with Crippen molar-refractivity contribution in [1.82, 2.24) is 9.88 Å². The Kier molecular flexibility index (Phi) is 3.56. The molecule has 1 amide bonds. The summed E-state index contributed by atoms with van der Waals surface area (Å²) >= 11 is 8.41. The first-order valence-corrected chi connectivity index (χ1v) is 8.25. The number of amides is 1. The third-order valence-corrected chi connectivity index (χ3v) is 5.76. The van der Waals surface area contributed by atoms with Crippen LogP contribution in [0.1, 0.15) is 21.0 Å². The van der Waals surface area contributed by atoms with Crippen LogP contribution in [0, 0.1) is 10.9 Å². The minimum Gasteiger partial charge on any atom is -0.341 e. The second-order valence-electron chi connectivity index (χ2n) is 4.67. The average molecular weight is 310 g/mol. The van der Waals surface area contributed by atoms with Gasteiger partial charge in [-0.25, -0.2) is 0 Å². The molecule has 2 aromatic heterocycles. The molecule has 0 spiro atoms. The summed E-state index contributed by atoms with van der Waals surface area (Å²) in [6.45, 7) is 3.57. The van der Waals surface area contributed by atoms with E-state index < -0.39 is 0 Å². The number of fused-ring (bicyclic) bond motifs is 1. The van der Waals surface area contributed by atoms with Gasteiger partial charge in [0.05, 0.1) is 6.42 Å². The van der Waals surface area contributed by atoms with E-state index in [1.807, 2.05) is 11.8 Å². The molecule has 3 rings (SSSR count). The summed E-state index contributed by atoms with van der Waals surface area (Å²) in [4.78, 5) is 19.9. The van der Waals surface area contributed by atoms with Crippen LogP contribution in [-0.4, -0.2) is 22.3 Å². The van der Waals surface area contributed by atoms with E-state index >= 15 is 0 Å². The van der Waals surface area contributed by atoms with Gasteiger partial charge in [-0.3, -0.25) is 4.79 Å². The Morgan fingerprint density at radius 2 is 2.42 bits per heavy atom. The van der Waals surface area contributed by atoms with E-state index in [4.69, 9.17) is 12.2 Å². The highest BCUT2D eigenvalue weighted by molar-refractivity contribution is 7.73. The highest BCUT2D eigenvalue weighted by atomic mass is 32.1. The van der Waals surface area contributed by atoms with Crippen LogP contribution < -0.4 is 0 Å². The zero-order chi connectivity index (χ0) is 13.4. The summed E-state index contributed by atoms with van der Waals surface area (Å²) in [5, 5.41) is 2.11. The molecule has 3 nitrogen and oxygen atoms in total. The summed E-state index contributed by atoms with van der Waals surface area (Å²) in [6.07, 6.45) is 1.45. The molecule has 0 unspecified atom stereocenters. The van der Waals surface area contributed by atoms with Gasteiger partial charge in [-0.1, -0.05) is 0 Å². The molecule has 1 aliphatic heterocycles. The molecule has 1 aliphatic rings. The number of aromatic nitrogens is 1. The Bertz CT molecular complexity index is 667. The first-order chi connectivity index (χ1) is 9.13. The highest BCUT2D eigenvalue weighted by Gasteiger charge is 2.22. The van der Waals surface area contributed by atoms with Crippen LogP contribution in [0.15, 0.2) is 11.4 Å². The molecular weight excluding hydrogens is 296 g/mol. The van der Waals surface area contributed by atoms with E-state index in [2.05, 4.69) is 16.4 Å². The number of thiophene rings is 1. The summed E-state index contributed by atoms with van der Waals surface area (Å²) in [5.41, 5.74) is 2.33. The number of rotatable bonds is 2. The van der Waals surface area contributed by atoms with E-state index in [-0.39, 0.29) is 5.91 Å². The van der Waals surface area contributed by atoms with Crippen molar-refractivity contribution in [1.29, 1.82) is 0 Å². The minimum absolute atomic E-state index is 0.199. The Balaban J connectivity index is 1.72. The van der Waals surface area contributed by atoms with Crippen LogP contribution in [0.3, 0.4) is 0 Å². The Labute approximate surface area is 124 Å². The van der Waals surface area contributed by atoms with Crippen molar-refractivity contribution in [3.63, 3.8) is 0 Å². The number of carbonyl (C=O) groups is 1. The molecule has 3 heterocycles. The monoisotopic (exact) mass is 310 g/mol. The molecule has 0 atom stereocenters. The van der Waals surface area contributed by atoms with Crippen LogP contribution in [-0.2, 0) is 24.2 Å². The first-order valence-electron chi connectivity index (χ1n) is 6.15. The number of nitrogens with one attached hydrogen (secondary N) is 1. The van der Waals surface area contributed by atoms with Gasteiger partial charge in [0.2, 0.25) is 5.91 Å². The van der Waals surface area contributed by atoms with Crippen LogP contribution in [0.5, 0.6) is 0 Å². The van der Waals surface area contributed by atoms with Crippen molar-refractivity contribution in [2.75, 3.05) is 6.54 Å². The molecule has 0 aromatic carbocycles. The molecule has 1 N–H and O–H groups in total. The number of nitrogens with zero attached hydrogens (tertiary/aromatic N) is 1. The average Bonchev–Trinajstić information content (AvgIpc) is 2.95. The molecule has 100 valence electrons. The molecule has 0 aliphatic carbocycles. The van der Waals surface area contributed by atoms with Gasteiger partial charge in [0.25, 0.3) is 0 Å². The Morgan fingerprint density at radius 3 is 3.16 bits per heavy atom. The predicted octanol–water partition coefficient (Wildman–Crippen LogP) is 3.30. The minimum atomic E-state index is 0.199. The van der Waals surface area contributed by atoms with Gasteiger partial charge < -0.3 is 9.88 Å². The van der Waals surface area contributed by atoms with Crippen molar-refractivity contribution < 1.29 is 4.79 Å². The largest absolute Gasteiger partial charge is 0.341 e. The van der Waals surface area contributed by atoms with Crippen molar-refractivity contribution in [2.45, 2.75) is 26.3 Å². The van der Waals surface area contributed by atoms with Gasteiger partial charge in [-0.05, 0) is 42.6 Å². The number of thiazole rings is 1. The van der Waals surface area contributed by atoms with Gasteiger partial charge in [0.1, 0.15) is 0 Å². The Hall–Kier alpha value is -0.980. The molecule has 0 fully saturated rings. The predicted molar refractivity (Wildman–Crippen MR) is 81.4 cm³/mol. The smallest absolute Gasteiger partial charge is 0.228 e. The topological polar surface area (TPSA) is 36.1 Å². The van der Waals surface area contributed by atoms with E-state index in [0.29, 0.717) is 6.42 Å². The van der Waals surface area contributed by atoms with Gasteiger partial charge >= 0.3 is 0 Å². The third kappa shape index (κ3) is 2.66. The van der Waals surface area contributed by atoms with E-state index in [0.717, 1.165) is 34.0 Å². The second-order valence-corrected chi connectivity index (χ2v) is 7.45. The van der Waals surface area contributed by atoms with Gasteiger partial charge in [0, 0.05) is 28.5 Å². The fourth-order valence-electron chi connectivity index (χ4n) is 2.32.